The Kier molecular flexibility index (Phi) is 2.76. The Morgan fingerprint density at radius 3 is 1.79 bits per heavy atom. The summed E-state index contributed by atoms with van der Waals surface area (Å²) in [6.07, 6.45) is 0. The third-order valence-electron chi connectivity index (χ3n) is 2.64. The summed E-state index contributed by atoms with van der Waals surface area (Å²) in [6, 6.07) is 1.62. The molecule has 0 unspecified atom stereocenters. The van der Waals surface area contributed by atoms with Crippen LogP contribution in [-0.2, 0) is 0 Å². The van der Waals surface area contributed by atoms with E-state index in [4.69, 9.17) is 0 Å². The fourth-order valence-electron chi connectivity index (χ4n) is 1.72. The van der Waals surface area contributed by atoms with Gasteiger partial charge >= 0.3 is 9.08 Å². The van der Waals surface area contributed by atoms with Crippen molar-refractivity contribution in [3.63, 3.8) is 0 Å². The molecule has 78 valence electrons. The van der Waals surface area contributed by atoms with Gasteiger partial charge in [-0.25, -0.2) is 12.3 Å². The van der Waals surface area contributed by atoms with Crippen molar-refractivity contribution in [1.82, 2.24) is 0 Å². The predicted octanol–water partition coefficient (Wildman–Crippen LogP) is 2.97. The van der Waals surface area contributed by atoms with Gasteiger partial charge in [0.2, 0.25) is 0 Å². The van der Waals surface area contributed by atoms with E-state index in [1.165, 1.54) is 6.92 Å². The summed E-state index contributed by atoms with van der Waals surface area (Å²) < 4.78 is 38.3. The van der Waals surface area contributed by atoms with Crippen molar-refractivity contribution in [3.05, 3.63) is 28.3 Å². The molecule has 4 heteroatoms. The summed E-state index contributed by atoms with van der Waals surface area (Å²) in [6.45, 7) is 6.69. The van der Waals surface area contributed by atoms with Crippen molar-refractivity contribution in [2.45, 2.75) is 27.7 Å². The minimum Gasteiger partial charge on any atom is -0.234 e. The number of benzene rings is 1. The van der Waals surface area contributed by atoms with E-state index in [9.17, 15) is 12.3 Å². The Morgan fingerprint density at radius 2 is 1.36 bits per heavy atom. The van der Waals surface area contributed by atoms with Gasteiger partial charge in [-0.15, -0.1) is 0 Å². The maximum absolute atomic E-state index is 12.8. The predicted molar refractivity (Wildman–Crippen MR) is 54.1 cm³/mol. The first-order valence-electron chi connectivity index (χ1n) is 4.39. The van der Waals surface area contributed by atoms with Gasteiger partial charge in [0.15, 0.2) is 0 Å². The van der Waals surface area contributed by atoms with Gasteiger partial charge in [0.25, 0.3) is 0 Å². The molecule has 1 aromatic rings. The fourth-order valence-corrected chi connectivity index (χ4v) is 2.85. The van der Waals surface area contributed by atoms with Gasteiger partial charge in [0.1, 0.15) is 0 Å². The van der Waals surface area contributed by atoms with Gasteiger partial charge in [-0.3, -0.25) is 0 Å². The molecule has 0 fully saturated rings. The van der Waals surface area contributed by atoms with E-state index in [1.807, 2.05) is 6.92 Å². The zero-order valence-corrected chi connectivity index (χ0v) is 9.71. The van der Waals surface area contributed by atoms with E-state index < -0.39 is 9.08 Å². The summed E-state index contributed by atoms with van der Waals surface area (Å²) in [5.41, 5.74) is 2.46. The lowest BCUT2D eigenvalue weighted by atomic mass is 10.0. The second-order valence-electron chi connectivity index (χ2n) is 3.63. The molecule has 0 N–H and O–H groups in total. The standard InChI is InChI=1S/C10H13F3Si/c1-6-5-7(2)10(14(11,12)13)9(4)8(6)3/h5H,1-4H3. The molecule has 0 saturated heterocycles. The van der Waals surface area contributed by atoms with Crippen LogP contribution < -0.4 is 5.19 Å². The topological polar surface area (TPSA) is 0 Å². The van der Waals surface area contributed by atoms with Crippen LogP contribution >= 0.6 is 0 Å². The van der Waals surface area contributed by atoms with Crippen molar-refractivity contribution >= 4 is 14.3 Å². The molecule has 0 bridgehead atoms. The zero-order valence-electron chi connectivity index (χ0n) is 8.71. The van der Waals surface area contributed by atoms with Gasteiger partial charge in [0.05, 0.1) is 0 Å². The average molecular weight is 218 g/mol. The molecule has 14 heavy (non-hydrogen) atoms. The van der Waals surface area contributed by atoms with E-state index in [1.54, 1.807) is 19.9 Å². The minimum atomic E-state index is -5.68. The van der Waals surface area contributed by atoms with Crippen LogP contribution in [0.25, 0.3) is 0 Å². The fraction of sp³-hybridized carbons (Fsp3) is 0.400. The molecule has 1 aromatic carbocycles. The number of rotatable bonds is 1. The Labute approximate surface area is 83.3 Å². The normalized spacial score (nSPS) is 11.9. The van der Waals surface area contributed by atoms with Gasteiger partial charge in [-0.2, -0.15) is 0 Å². The molecule has 0 amide bonds. The third kappa shape index (κ3) is 1.85. The average Bonchev–Trinajstić information content (AvgIpc) is 1.97. The van der Waals surface area contributed by atoms with Crippen LogP contribution in [0.1, 0.15) is 22.3 Å². The first-order chi connectivity index (χ1) is 6.25. The summed E-state index contributed by atoms with van der Waals surface area (Å²) in [4.78, 5) is 0. The second kappa shape index (κ2) is 3.42. The molecule has 0 heterocycles. The lowest BCUT2D eigenvalue weighted by Gasteiger charge is -2.15. The molecule has 0 aliphatic carbocycles. The lowest BCUT2D eigenvalue weighted by molar-refractivity contribution is 0.500. The van der Waals surface area contributed by atoms with Gasteiger partial charge in [-0.05, 0) is 49.9 Å². The summed E-state index contributed by atoms with van der Waals surface area (Å²) in [7, 11) is -5.68. The second-order valence-corrected chi connectivity index (χ2v) is 5.13. The van der Waals surface area contributed by atoms with Gasteiger partial charge in [0, 0.05) is 5.19 Å². The Bertz CT molecular complexity index is 367. The molecule has 0 nitrogen and oxygen atoms in total. The van der Waals surface area contributed by atoms with Crippen LogP contribution in [0.2, 0.25) is 0 Å². The molecule has 0 atom stereocenters. The molecule has 0 saturated carbocycles. The van der Waals surface area contributed by atoms with Crippen molar-refractivity contribution in [2.75, 3.05) is 0 Å². The van der Waals surface area contributed by atoms with Gasteiger partial charge in [-0.1, -0.05) is 6.07 Å². The molecule has 1 rings (SSSR count). The van der Waals surface area contributed by atoms with Crippen molar-refractivity contribution in [3.8, 4) is 0 Å². The monoisotopic (exact) mass is 218 g/mol. The lowest BCUT2D eigenvalue weighted by Crippen LogP contribution is -2.39. The molecular formula is C10H13F3Si. The smallest absolute Gasteiger partial charge is 0.234 e. The largest absolute Gasteiger partial charge is 0.653 e. The van der Waals surface area contributed by atoms with Crippen molar-refractivity contribution in [2.24, 2.45) is 0 Å². The number of hydrogen-bond donors (Lipinski definition) is 0. The Balaban J connectivity index is 3.53. The van der Waals surface area contributed by atoms with Crippen LogP contribution in [0.4, 0.5) is 12.3 Å². The maximum Gasteiger partial charge on any atom is 0.653 e. The van der Waals surface area contributed by atoms with Crippen LogP contribution in [0.5, 0.6) is 0 Å². The minimum absolute atomic E-state index is 0.347. The molecule has 0 radical (unpaired) electrons. The molecule has 0 spiro atoms. The van der Waals surface area contributed by atoms with E-state index in [0.717, 1.165) is 11.1 Å². The van der Waals surface area contributed by atoms with Crippen LogP contribution in [0.3, 0.4) is 0 Å². The molecule has 0 aliphatic rings. The number of halogens is 3. The first kappa shape index (κ1) is 11.3. The zero-order chi connectivity index (χ0) is 11.1. The highest BCUT2D eigenvalue weighted by atomic mass is 28.5. The van der Waals surface area contributed by atoms with E-state index in [-0.39, 0.29) is 5.19 Å². The van der Waals surface area contributed by atoms with Crippen molar-refractivity contribution < 1.29 is 12.3 Å². The summed E-state index contributed by atoms with van der Waals surface area (Å²) in [5.74, 6) is 0. The summed E-state index contributed by atoms with van der Waals surface area (Å²) >= 11 is 0. The maximum atomic E-state index is 12.8. The van der Waals surface area contributed by atoms with Crippen LogP contribution in [0, 0.1) is 27.7 Å². The van der Waals surface area contributed by atoms with E-state index in [0.29, 0.717) is 11.1 Å². The Morgan fingerprint density at radius 1 is 0.857 bits per heavy atom. The highest BCUT2D eigenvalue weighted by molar-refractivity contribution is 6.74. The Hall–Kier alpha value is -0.773. The van der Waals surface area contributed by atoms with E-state index in [2.05, 4.69) is 0 Å². The highest BCUT2D eigenvalue weighted by Crippen LogP contribution is 2.19. The van der Waals surface area contributed by atoms with Gasteiger partial charge < -0.3 is 0 Å². The summed E-state index contributed by atoms with van der Waals surface area (Å²) in [5, 5.41) is -0.347. The number of aryl methyl sites for hydroxylation is 2. The highest BCUT2D eigenvalue weighted by Gasteiger charge is 2.43. The van der Waals surface area contributed by atoms with Crippen LogP contribution in [0.15, 0.2) is 6.07 Å². The SMILES string of the molecule is Cc1cc(C)c([Si](F)(F)F)c(C)c1C. The molecule has 0 aromatic heterocycles. The number of hydrogen-bond acceptors (Lipinski definition) is 0. The third-order valence-corrected chi connectivity index (χ3v) is 3.98. The van der Waals surface area contributed by atoms with E-state index >= 15 is 0 Å². The first-order valence-corrected chi connectivity index (χ1v) is 6.03. The van der Waals surface area contributed by atoms with Crippen molar-refractivity contribution in [1.29, 1.82) is 0 Å². The molecule has 0 aliphatic heterocycles. The van der Waals surface area contributed by atoms with Crippen LogP contribution in [-0.4, -0.2) is 9.08 Å². The molecular weight excluding hydrogens is 205 g/mol. The quantitative estimate of drug-likeness (QED) is 0.502.